The van der Waals surface area contributed by atoms with E-state index in [1.165, 1.54) is 64.7 Å². The number of hydrogen-bond donors (Lipinski definition) is 1. The number of nitrogens with one attached hydrogen (secondary N) is 1. The summed E-state index contributed by atoms with van der Waals surface area (Å²) in [6, 6.07) is 1.65. The molecule has 0 bridgehead atoms. The molecular weight excluding hydrogens is 210 g/mol. The normalized spacial score (nSPS) is 29.8. The number of rotatable bonds is 6. The van der Waals surface area contributed by atoms with E-state index in [9.17, 15) is 0 Å². The van der Waals surface area contributed by atoms with Gasteiger partial charge in [0.25, 0.3) is 0 Å². The highest BCUT2D eigenvalue weighted by Gasteiger charge is 2.34. The Kier molecular flexibility index (Phi) is 5.26. The molecule has 2 aliphatic heterocycles. The molecule has 2 unspecified atom stereocenters. The first-order valence-corrected chi connectivity index (χ1v) is 7.39. The topological polar surface area (TPSA) is 18.5 Å². The third-order valence-corrected chi connectivity index (χ3v) is 4.29. The third kappa shape index (κ3) is 3.94. The summed E-state index contributed by atoms with van der Waals surface area (Å²) in [7, 11) is 4.31. The van der Waals surface area contributed by atoms with Gasteiger partial charge in [-0.25, -0.2) is 0 Å². The standard InChI is InChI=1S/C14H29N3/c1-16(2)10-6-4-9-15-13-8-12-17-11-5-3-7-14(13)17/h13-15H,3-12H2,1-2H3. The van der Waals surface area contributed by atoms with Gasteiger partial charge in [0.15, 0.2) is 0 Å². The van der Waals surface area contributed by atoms with Crippen molar-refractivity contribution >= 4 is 0 Å². The van der Waals surface area contributed by atoms with E-state index in [1.54, 1.807) is 0 Å². The maximum Gasteiger partial charge on any atom is 0.0249 e. The molecule has 0 saturated carbocycles. The van der Waals surface area contributed by atoms with E-state index in [0.29, 0.717) is 0 Å². The van der Waals surface area contributed by atoms with Crippen LogP contribution in [0.3, 0.4) is 0 Å². The van der Waals surface area contributed by atoms with E-state index in [1.807, 2.05) is 0 Å². The highest BCUT2D eigenvalue weighted by molar-refractivity contribution is 4.93. The second-order valence-corrected chi connectivity index (χ2v) is 5.96. The fourth-order valence-corrected chi connectivity index (χ4v) is 3.33. The molecule has 0 amide bonds. The molecule has 3 nitrogen and oxygen atoms in total. The monoisotopic (exact) mass is 239 g/mol. The van der Waals surface area contributed by atoms with E-state index >= 15 is 0 Å². The number of piperidine rings is 1. The van der Waals surface area contributed by atoms with Gasteiger partial charge < -0.3 is 10.2 Å². The van der Waals surface area contributed by atoms with Gasteiger partial charge in [0, 0.05) is 18.6 Å². The maximum atomic E-state index is 3.79. The number of unbranched alkanes of at least 4 members (excludes halogenated alkanes) is 1. The maximum absolute atomic E-state index is 3.79. The Balaban J connectivity index is 1.59. The van der Waals surface area contributed by atoms with E-state index in [0.717, 1.165) is 12.1 Å². The molecule has 0 aromatic heterocycles. The molecular formula is C14H29N3. The fourth-order valence-electron chi connectivity index (χ4n) is 3.33. The summed E-state index contributed by atoms with van der Waals surface area (Å²) < 4.78 is 0. The smallest absolute Gasteiger partial charge is 0.0249 e. The van der Waals surface area contributed by atoms with Gasteiger partial charge in [-0.1, -0.05) is 6.42 Å². The van der Waals surface area contributed by atoms with Crippen LogP contribution < -0.4 is 5.32 Å². The Bertz CT molecular complexity index is 218. The minimum atomic E-state index is 0.787. The summed E-state index contributed by atoms with van der Waals surface area (Å²) in [5.41, 5.74) is 0. The van der Waals surface area contributed by atoms with Gasteiger partial charge in [-0.05, 0) is 65.8 Å². The lowest BCUT2D eigenvalue weighted by Crippen LogP contribution is -2.45. The van der Waals surface area contributed by atoms with Crippen molar-refractivity contribution in [2.45, 2.75) is 50.6 Å². The minimum absolute atomic E-state index is 0.787. The molecule has 2 saturated heterocycles. The summed E-state index contributed by atoms with van der Waals surface area (Å²) in [5.74, 6) is 0. The van der Waals surface area contributed by atoms with Crippen LogP contribution in [0.15, 0.2) is 0 Å². The largest absolute Gasteiger partial charge is 0.312 e. The van der Waals surface area contributed by atoms with Gasteiger partial charge in [-0.3, -0.25) is 4.90 Å². The average molecular weight is 239 g/mol. The van der Waals surface area contributed by atoms with Crippen molar-refractivity contribution in [1.29, 1.82) is 0 Å². The molecule has 0 aliphatic carbocycles. The number of nitrogens with zero attached hydrogens (tertiary/aromatic N) is 2. The molecule has 0 radical (unpaired) electrons. The van der Waals surface area contributed by atoms with Gasteiger partial charge in [-0.2, -0.15) is 0 Å². The molecule has 2 rings (SSSR count). The fraction of sp³-hybridized carbons (Fsp3) is 1.00. The van der Waals surface area contributed by atoms with Crippen molar-refractivity contribution < 1.29 is 0 Å². The van der Waals surface area contributed by atoms with Gasteiger partial charge in [0.05, 0.1) is 0 Å². The Hall–Kier alpha value is -0.120. The van der Waals surface area contributed by atoms with Crippen LogP contribution in [0.25, 0.3) is 0 Å². The summed E-state index contributed by atoms with van der Waals surface area (Å²) in [4.78, 5) is 4.99. The SMILES string of the molecule is CN(C)CCCCNC1CCN2CCCCC12. The van der Waals surface area contributed by atoms with Gasteiger partial charge in [-0.15, -0.1) is 0 Å². The van der Waals surface area contributed by atoms with Gasteiger partial charge in [0.1, 0.15) is 0 Å². The van der Waals surface area contributed by atoms with Gasteiger partial charge in [0.2, 0.25) is 0 Å². The quantitative estimate of drug-likeness (QED) is 0.710. The third-order valence-electron chi connectivity index (χ3n) is 4.29. The van der Waals surface area contributed by atoms with Crippen molar-refractivity contribution in [2.75, 3.05) is 40.3 Å². The van der Waals surface area contributed by atoms with Crippen molar-refractivity contribution in [2.24, 2.45) is 0 Å². The molecule has 2 atom stereocenters. The first-order valence-electron chi connectivity index (χ1n) is 7.39. The summed E-state index contributed by atoms with van der Waals surface area (Å²) >= 11 is 0. The summed E-state index contributed by atoms with van der Waals surface area (Å²) in [6.07, 6.45) is 8.31. The Labute approximate surface area is 107 Å². The first-order chi connectivity index (χ1) is 8.27. The molecule has 0 aromatic rings. The van der Waals surface area contributed by atoms with Crippen LogP contribution in [-0.2, 0) is 0 Å². The molecule has 100 valence electrons. The van der Waals surface area contributed by atoms with Crippen LogP contribution in [-0.4, -0.2) is 62.2 Å². The molecule has 3 heteroatoms. The van der Waals surface area contributed by atoms with E-state index in [2.05, 4.69) is 29.2 Å². The van der Waals surface area contributed by atoms with E-state index in [4.69, 9.17) is 0 Å². The Morgan fingerprint density at radius 2 is 2.00 bits per heavy atom. The molecule has 2 heterocycles. The molecule has 0 aromatic carbocycles. The Morgan fingerprint density at radius 1 is 1.12 bits per heavy atom. The van der Waals surface area contributed by atoms with Crippen molar-refractivity contribution in [1.82, 2.24) is 15.1 Å². The lowest BCUT2D eigenvalue weighted by molar-refractivity contribution is 0.180. The number of hydrogen-bond acceptors (Lipinski definition) is 3. The van der Waals surface area contributed by atoms with E-state index < -0.39 is 0 Å². The highest BCUT2D eigenvalue weighted by Crippen LogP contribution is 2.26. The first kappa shape index (κ1) is 13.3. The zero-order valence-corrected chi connectivity index (χ0v) is 11.6. The van der Waals surface area contributed by atoms with Crippen LogP contribution in [0.2, 0.25) is 0 Å². The van der Waals surface area contributed by atoms with Gasteiger partial charge >= 0.3 is 0 Å². The lowest BCUT2D eigenvalue weighted by atomic mass is 9.99. The molecule has 17 heavy (non-hydrogen) atoms. The molecule has 2 aliphatic rings. The lowest BCUT2D eigenvalue weighted by Gasteiger charge is -2.32. The van der Waals surface area contributed by atoms with Crippen LogP contribution in [0, 0.1) is 0 Å². The predicted octanol–water partition coefficient (Wildman–Crippen LogP) is 1.54. The highest BCUT2D eigenvalue weighted by atomic mass is 15.2. The van der Waals surface area contributed by atoms with Crippen LogP contribution in [0.1, 0.15) is 38.5 Å². The second kappa shape index (κ2) is 6.72. The summed E-state index contributed by atoms with van der Waals surface area (Å²) in [6.45, 7) is 5.12. The number of fused-ring (bicyclic) bond motifs is 1. The minimum Gasteiger partial charge on any atom is -0.312 e. The Morgan fingerprint density at radius 3 is 2.82 bits per heavy atom. The van der Waals surface area contributed by atoms with E-state index in [-0.39, 0.29) is 0 Å². The zero-order chi connectivity index (χ0) is 12.1. The molecule has 1 N–H and O–H groups in total. The van der Waals surface area contributed by atoms with Crippen molar-refractivity contribution in [3.8, 4) is 0 Å². The van der Waals surface area contributed by atoms with Crippen LogP contribution in [0.5, 0.6) is 0 Å². The molecule has 2 fully saturated rings. The second-order valence-electron chi connectivity index (χ2n) is 5.96. The van der Waals surface area contributed by atoms with Crippen molar-refractivity contribution in [3.05, 3.63) is 0 Å². The summed E-state index contributed by atoms with van der Waals surface area (Å²) in [5, 5.41) is 3.79. The zero-order valence-electron chi connectivity index (χ0n) is 11.6. The van der Waals surface area contributed by atoms with Crippen LogP contribution in [0.4, 0.5) is 0 Å². The average Bonchev–Trinajstić information content (AvgIpc) is 2.72. The van der Waals surface area contributed by atoms with Crippen molar-refractivity contribution in [3.63, 3.8) is 0 Å². The molecule has 0 spiro atoms. The van der Waals surface area contributed by atoms with Crippen LogP contribution >= 0.6 is 0 Å². The predicted molar refractivity (Wildman–Crippen MR) is 73.4 cm³/mol.